The van der Waals surface area contributed by atoms with Crippen molar-refractivity contribution in [2.75, 3.05) is 0 Å². The fourth-order valence-electron chi connectivity index (χ4n) is 12.9. The van der Waals surface area contributed by atoms with Gasteiger partial charge in [0.1, 0.15) is 0 Å². The first-order valence-electron chi connectivity index (χ1n) is 36.6. The lowest BCUT2D eigenvalue weighted by Crippen LogP contribution is -2.29. The highest BCUT2D eigenvalue weighted by atomic mass is 79.9. The lowest BCUT2D eigenvalue weighted by Gasteiger charge is -2.13. The zero-order chi connectivity index (χ0) is 75.8. The van der Waals surface area contributed by atoms with Crippen LogP contribution in [-0.2, 0) is 0 Å². The molecule has 0 aliphatic heterocycles. The standard InChI is InChI=1S/C49H33N5.C28H21BN2O2.C21H14BrN3/c1-5-15-34(16-6-1)35-25-31-41(32-26-35)46-50-44(37-17-7-2-8-18-37)33-45(51-46)38-29-27-36(28-30-38)42-23-13-14-24-43(42)49-53-47(39-19-9-3-10-20-39)52-48(54-49)40-21-11-4-12-22-40;32-29(33)25-17-15-23(16-18-25)27-19-26(22-9-5-2-6-10-22)30-28(31-27)24-13-11-21(12-14-24)20-7-3-1-4-8-20;22-18-14-8-7-13-17(18)21-24-19(15-9-3-1-4-10-15)23-20(25-21)16-11-5-2-6-12-16/h1-33H;1-19,32-33H;1-14H. The maximum Gasteiger partial charge on any atom is 0.488 e. The number of halogens is 1. The molecule has 4 aromatic heterocycles. The van der Waals surface area contributed by atoms with Gasteiger partial charge in [-0.2, -0.15) is 0 Å². The smallest absolute Gasteiger partial charge is 0.423 e. The van der Waals surface area contributed by atoms with Crippen molar-refractivity contribution in [3.8, 4) is 170 Å². The molecule has 0 saturated heterocycles. The highest BCUT2D eigenvalue weighted by Crippen LogP contribution is 2.37. The van der Waals surface area contributed by atoms with Crippen molar-refractivity contribution >= 4 is 28.5 Å². The molecular formula is C98H68BBrN10O2. The second-order valence-electron chi connectivity index (χ2n) is 26.2. The average Bonchev–Trinajstić information content (AvgIpc) is 0.795. The van der Waals surface area contributed by atoms with Gasteiger partial charge in [-0.05, 0) is 57.0 Å². The van der Waals surface area contributed by atoms with E-state index in [0.29, 0.717) is 52.1 Å². The quantitative estimate of drug-likeness (QED) is 0.0880. The summed E-state index contributed by atoms with van der Waals surface area (Å²) in [6, 6.07) is 134. The molecule has 12 nitrogen and oxygen atoms in total. The second-order valence-corrected chi connectivity index (χ2v) is 27.1. The van der Waals surface area contributed by atoms with Gasteiger partial charge < -0.3 is 10.0 Å². The summed E-state index contributed by atoms with van der Waals surface area (Å²) in [6.45, 7) is 0. The summed E-state index contributed by atoms with van der Waals surface area (Å²) in [6.07, 6.45) is 0. The Balaban J connectivity index is 0.000000139. The van der Waals surface area contributed by atoms with E-state index in [2.05, 4.69) is 149 Å². The van der Waals surface area contributed by atoms with Gasteiger partial charge in [-0.1, -0.05) is 398 Å². The fourth-order valence-corrected chi connectivity index (χ4v) is 13.4. The fraction of sp³-hybridized carbons (Fsp3) is 0. The van der Waals surface area contributed by atoms with Crippen LogP contribution in [0.1, 0.15) is 0 Å². The van der Waals surface area contributed by atoms with Crippen molar-refractivity contribution in [2.24, 2.45) is 0 Å². The number of benzene rings is 14. The molecule has 4 heterocycles. The van der Waals surface area contributed by atoms with Crippen LogP contribution in [0.4, 0.5) is 0 Å². The third-order valence-electron chi connectivity index (χ3n) is 18.8. The number of aromatic nitrogens is 10. The molecule has 18 rings (SSSR count). The number of hydrogen-bond acceptors (Lipinski definition) is 12. The molecule has 14 aromatic carbocycles. The number of nitrogens with zero attached hydrogens (tertiary/aromatic N) is 10. The molecule has 0 unspecified atom stereocenters. The topological polar surface area (TPSA) is 169 Å². The summed E-state index contributed by atoms with van der Waals surface area (Å²) in [5.41, 5.74) is 21.9. The van der Waals surface area contributed by atoms with Gasteiger partial charge >= 0.3 is 7.12 Å². The molecule has 0 radical (unpaired) electrons. The molecule has 112 heavy (non-hydrogen) atoms. The lowest BCUT2D eigenvalue weighted by atomic mass is 9.80. The summed E-state index contributed by atoms with van der Waals surface area (Å²) in [5, 5.41) is 18.8. The van der Waals surface area contributed by atoms with E-state index in [9.17, 15) is 10.0 Å². The molecular weight excluding hydrogens is 1440 g/mol. The summed E-state index contributed by atoms with van der Waals surface area (Å²) < 4.78 is 0.958. The van der Waals surface area contributed by atoms with Crippen molar-refractivity contribution in [2.45, 2.75) is 0 Å². The van der Waals surface area contributed by atoms with Gasteiger partial charge in [-0.3, -0.25) is 0 Å². The van der Waals surface area contributed by atoms with Gasteiger partial charge in [0, 0.05) is 71.2 Å². The summed E-state index contributed by atoms with van der Waals surface area (Å²) in [4.78, 5) is 48.9. The number of rotatable bonds is 16. The van der Waals surface area contributed by atoms with E-state index in [4.69, 9.17) is 49.8 Å². The van der Waals surface area contributed by atoms with Crippen molar-refractivity contribution in [3.63, 3.8) is 0 Å². The lowest BCUT2D eigenvalue weighted by molar-refractivity contribution is 0.426. The van der Waals surface area contributed by atoms with E-state index in [1.807, 2.05) is 255 Å². The van der Waals surface area contributed by atoms with Gasteiger partial charge in [0.25, 0.3) is 0 Å². The van der Waals surface area contributed by atoms with Crippen LogP contribution in [0.25, 0.3) is 170 Å². The van der Waals surface area contributed by atoms with Crippen LogP contribution in [0, 0.1) is 0 Å². The Morgan fingerprint density at radius 3 is 0.705 bits per heavy atom. The first kappa shape index (κ1) is 72.0. The molecule has 532 valence electrons. The third-order valence-corrected chi connectivity index (χ3v) is 19.5. The molecule has 0 bridgehead atoms. The Labute approximate surface area is 658 Å². The van der Waals surface area contributed by atoms with E-state index in [-0.39, 0.29) is 0 Å². The predicted molar refractivity (Wildman–Crippen MR) is 456 cm³/mol. The summed E-state index contributed by atoms with van der Waals surface area (Å²) in [5.74, 6) is 5.19. The minimum Gasteiger partial charge on any atom is -0.423 e. The Morgan fingerprint density at radius 2 is 0.375 bits per heavy atom. The van der Waals surface area contributed by atoms with E-state index < -0.39 is 7.12 Å². The molecule has 18 aromatic rings. The monoisotopic (exact) mass is 1510 g/mol. The van der Waals surface area contributed by atoms with E-state index in [0.717, 1.165) is 122 Å². The maximum atomic E-state index is 9.41. The normalized spacial score (nSPS) is 10.8. The van der Waals surface area contributed by atoms with Crippen molar-refractivity contribution in [1.29, 1.82) is 0 Å². The molecule has 0 atom stereocenters. The Hall–Kier alpha value is -14.3. The van der Waals surface area contributed by atoms with Crippen LogP contribution in [0.5, 0.6) is 0 Å². The van der Waals surface area contributed by atoms with Crippen LogP contribution in [0.2, 0.25) is 0 Å². The summed E-state index contributed by atoms with van der Waals surface area (Å²) >= 11 is 3.59. The zero-order valence-corrected chi connectivity index (χ0v) is 62.0. The Kier molecular flexibility index (Phi) is 22.0. The van der Waals surface area contributed by atoms with Crippen LogP contribution >= 0.6 is 15.9 Å². The van der Waals surface area contributed by atoms with Gasteiger partial charge in [0.15, 0.2) is 46.6 Å². The molecule has 14 heteroatoms. The van der Waals surface area contributed by atoms with Gasteiger partial charge in [0.2, 0.25) is 0 Å². The number of hydrogen-bond donors (Lipinski definition) is 2. The predicted octanol–water partition coefficient (Wildman–Crippen LogP) is 22.5. The van der Waals surface area contributed by atoms with E-state index in [1.165, 1.54) is 5.56 Å². The van der Waals surface area contributed by atoms with Crippen LogP contribution in [0.15, 0.2) is 405 Å². The van der Waals surface area contributed by atoms with Crippen molar-refractivity contribution < 1.29 is 10.0 Å². The van der Waals surface area contributed by atoms with Crippen LogP contribution in [0.3, 0.4) is 0 Å². The molecule has 0 spiro atoms. The highest BCUT2D eigenvalue weighted by molar-refractivity contribution is 9.10. The molecule has 0 amide bonds. The van der Waals surface area contributed by atoms with E-state index >= 15 is 0 Å². The van der Waals surface area contributed by atoms with Crippen LogP contribution < -0.4 is 5.46 Å². The first-order chi connectivity index (χ1) is 55.2. The molecule has 0 fully saturated rings. The average molecular weight is 1510 g/mol. The molecule has 0 aliphatic carbocycles. The van der Waals surface area contributed by atoms with Gasteiger partial charge in [-0.25, -0.2) is 49.8 Å². The maximum absolute atomic E-state index is 9.41. The first-order valence-corrected chi connectivity index (χ1v) is 37.4. The molecule has 0 saturated carbocycles. The summed E-state index contributed by atoms with van der Waals surface area (Å²) in [7, 11) is -1.50. The highest BCUT2D eigenvalue weighted by Gasteiger charge is 2.20. The zero-order valence-electron chi connectivity index (χ0n) is 60.4. The third kappa shape index (κ3) is 17.2. The molecule has 2 N–H and O–H groups in total. The second kappa shape index (κ2) is 34.3. The van der Waals surface area contributed by atoms with E-state index in [1.54, 1.807) is 12.1 Å². The van der Waals surface area contributed by atoms with Gasteiger partial charge in [0.05, 0.1) is 22.8 Å². The van der Waals surface area contributed by atoms with Crippen LogP contribution in [-0.4, -0.2) is 67.0 Å². The van der Waals surface area contributed by atoms with Crippen molar-refractivity contribution in [1.82, 2.24) is 49.8 Å². The largest absolute Gasteiger partial charge is 0.488 e. The SMILES string of the molecule is Brc1ccccc1-c1nc(-c2ccccc2)nc(-c2ccccc2)n1.OB(O)c1ccc(-c2cc(-c3ccccc3)nc(-c3ccc(-c4ccccc4)cc3)n2)cc1.c1ccc(-c2ccc(-c3nc(-c4ccccc4)cc(-c4ccc(-c5ccccc5-c5nc(-c6ccccc6)nc(-c6ccccc6)n5)cc4)n3)cc2)cc1. The van der Waals surface area contributed by atoms with Gasteiger partial charge in [-0.15, -0.1) is 0 Å². The van der Waals surface area contributed by atoms with Crippen molar-refractivity contribution in [3.05, 3.63) is 405 Å². The Morgan fingerprint density at radius 1 is 0.170 bits per heavy atom. The minimum atomic E-state index is -1.50. The molecule has 0 aliphatic rings. The Bertz CT molecular complexity index is 6060. The minimum absolute atomic E-state index is 0.438.